The number of anilines is 2. The number of carbonyl (C=O) groups is 1. The Hall–Kier alpha value is -2.41. The number of rotatable bonds is 5. The number of nitrogens with zero attached hydrogens (tertiary/aromatic N) is 1. The first-order chi connectivity index (χ1) is 12.8. The Bertz CT molecular complexity index is 942. The normalized spacial score (nSPS) is 16.9. The van der Waals surface area contributed by atoms with Crippen LogP contribution < -0.4 is 9.62 Å². The van der Waals surface area contributed by atoms with E-state index in [1.54, 1.807) is 30.3 Å². The second-order valence-electron chi connectivity index (χ2n) is 6.74. The summed E-state index contributed by atoms with van der Waals surface area (Å²) in [5.74, 6) is -0.816. The van der Waals surface area contributed by atoms with E-state index in [2.05, 4.69) is 5.32 Å². The fourth-order valence-corrected chi connectivity index (χ4v) is 4.98. The SMILES string of the molecule is CCC(C(=O)Nc1ccc(C)c(N2CCCS2(=O)=O)c1)c1ccc(F)cc1. The smallest absolute Gasteiger partial charge is 0.235 e. The second-order valence-corrected chi connectivity index (χ2v) is 8.76. The van der Waals surface area contributed by atoms with Crippen molar-refractivity contribution in [2.45, 2.75) is 32.6 Å². The van der Waals surface area contributed by atoms with E-state index >= 15 is 0 Å². The maximum absolute atomic E-state index is 13.1. The fourth-order valence-electron chi connectivity index (χ4n) is 3.36. The Balaban J connectivity index is 1.83. The summed E-state index contributed by atoms with van der Waals surface area (Å²) in [5.41, 5.74) is 2.72. The fraction of sp³-hybridized carbons (Fsp3) is 0.350. The number of hydrogen-bond acceptors (Lipinski definition) is 3. The zero-order chi connectivity index (χ0) is 19.6. The summed E-state index contributed by atoms with van der Waals surface area (Å²) in [6.45, 7) is 4.20. The van der Waals surface area contributed by atoms with Gasteiger partial charge in [0.2, 0.25) is 15.9 Å². The molecular formula is C20H23FN2O3S. The summed E-state index contributed by atoms with van der Waals surface area (Å²) in [5, 5.41) is 2.87. The standard InChI is InChI=1S/C20H23FN2O3S/c1-3-18(15-6-8-16(21)9-7-15)20(24)22-17-10-5-14(2)19(13-17)23-11-4-12-27(23,25)26/h5-10,13,18H,3-4,11-12H2,1-2H3,(H,22,24). The van der Waals surface area contributed by atoms with Gasteiger partial charge >= 0.3 is 0 Å². The number of amides is 1. The Morgan fingerprint density at radius 2 is 1.93 bits per heavy atom. The molecule has 1 amide bonds. The molecule has 1 fully saturated rings. The number of aryl methyl sites for hydroxylation is 1. The van der Waals surface area contributed by atoms with Gasteiger partial charge in [0.05, 0.1) is 17.4 Å². The predicted octanol–water partition coefficient (Wildman–Crippen LogP) is 3.81. The predicted molar refractivity (Wildman–Crippen MR) is 105 cm³/mol. The Morgan fingerprint density at radius 1 is 1.22 bits per heavy atom. The molecule has 1 atom stereocenters. The van der Waals surface area contributed by atoms with E-state index in [1.165, 1.54) is 16.4 Å². The second kappa shape index (κ2) is 7.68. The van der Waals surface area contributed by atoms with Crippen molar-refractivity contribution in [1.29, 1.82) is 0 Å². The van der Waals surface area contributed by atoms with E-state index in [4.69, 9.17) is 0 Å². The summed E-state index contributed by atoms with van der Waals surface area (Å²) in [7, 11) is -3.29. The third-order valence-corrected chi connectivity index (χ3v) is 6.70. The maximum Gasteiger partial charge on any atom is 0.235 e. The van der Waals surface area contributed by atoms with Crippen LogP contribution in [0.3, 0.4) is 0 Å². The van der Waals surface area contributed by atoms with Crippen LogP contribution in [0, 0.1) is 12.7 Å². The van der Waals surface area contributed by atoms with Crippen LogP contribution in [0.1, 0.15) is 36.8 Å². The summed E-state index contributed by atoms with van der Waals surface area (Å²) < 4.78 is 39.0. The average Bonchev–Trinajstić information content (AvgIpc) is 2.98. The van der Waals surface area contributed by atoms with E-state index in [1.807, 2.05) is 13.8 Å². The minimum Gasteiger partial charge on any atom is -0.325 e. The molecule has 0 radical (unpaired) electrons. The summed E-state index contributed by atoms with van der Waals surface area (Å²) in [6.07, 6.45) is 1.16. The van der Waals surface area contributed by atoms with Crippen molar-refractivity contribution in [2.75, 3.05) is 21.9 Å². The molecule has 2 aromatic carbocycles. The van der Waals surface area contributed by atoms with Gasteiger partial charge < -0.3 is 5.32 Å². The molecule has 1 N–H and O–H groups in total. The van der Waals surface area contributed by atoms with Gasteiger partial charge in [-0.15, -0.1) is 0 Å². The van der Waals surface area contributed by atoms with Crippen LogP contribution in [-0.4, -0.2) is 26.6 Å². The molecule has 0 aliphatic carbocycles. The monoisotopic (exact) mass is 390 g/mol. The maximum atomic E-state index is 13.1. The van der Waals surface area contributed by atoms with Gasteiger partial charge in [0.1, 0.15) is 5.82 Å². The van der Waals surface area contributed by atoms with E-state index in [9.17, 15) is 17.6 Å². The van der Waals surface area contributed by atoms with Gasteiger partial charge in [-0.05, 0) is 55.2 Å². The molecule has 0 bridgehead atoms. The van der Waals surface area contributed by atoms with Crippen molar-refractivity contribution >= 4 is 27.3 Å². The zero-order valence-electron chi connectivity index (χ0n) is 15.4. The van der Waals surface area contributed by atoms with Gasteiger partial charge in [0, 0.05) is 12.2 Å². The number of benzene rings is 2. The van der Waals surface area contributed by atoms with Gasteiger partial charge in [-0.2, -0.15) is 0 Å². The van der Waals surface area contributed by atoms with Crippen molar-refractivity contribution in [3.05, 3.63) is 59.4 Å². The van der Waals surface area contributed by atoms with Gasteiger partial charge in [0.15, 0.2) is 0 Å². The highest BCUT2D eigenvalue weighted by molar-refractivity contribution is 7.93. The summed E-state index contributed by atoms with van der Waals surface area (Å²) in [6, 6.07) is 11.2. The molecule has 1 aliphatic rings. The van der Waals surface area contributed by atoms with E-state index < -0.39 is 15.9 Å². The molecule has 5 nitrogen and oxygen atoms in total. The van der Waals surface area contributed by atoms with E-state index in [0.717, 1.165) is 11.1 Å². The zero-order valence-corrected chi connectivity index (χ0v) is 16.2. The van der Waals surface area contributed by atoms with Crippen molar-refractivity contribution in [3.8, 4) is 0 Å². The van der Waals surface area contributed by atoms with Gasteiger partial charge in [0.25, 0.3) is 0 Å². The van der Waals surface area contributed by atoms with Crippen molar-refractivity contribution in [1.82, 2.24) is 0 Å². The molecular weight excluding hydrogens is 367 g/mol. The third-order valence-electron chi connectivity index (χ3n) is 4.84. The number of halogens is 1. The number of carbonyl (C=O) groups excluding carboxylic acids is 1. The molecule has 7 heteroatoms. The largest absolute Gasteiger partial charge is 0.325 e. The number of nitrogens with one attached hydrogen (secondary N) is 1. The molecule has 2 aromatic rings. The van der Waals surface area contributed by atoms with Crippen molar-refractivity contribution in [3.63, 3.8) is 0 Å². The highest BCUT2D eigenvalue weighted by Gasteiger charge is 2.29. The van der Waals surface area contributed by atoms with Gasteiger partial charge in [-0.3, -0.25) is 9.10 Å². The average molecular weight is 390 g/mol. The highest BCUT2D eigenvalue weighted by Crippen LogP contribution is 2.31. The van der Waals surface area contributed by atoms with Gasteiger partial charge in [-0.1, -0.05) is 25.1 Å². The molecule has 144 valence electrons. The molecule has 1 saturated heterocycles. The lowest BCUT2D eigenvalue weighted by atomic mass is 9.95. The molecule has 0 saturated carbocycles. The Kier molecular flexibility index (Phi) is 5.51. The van der Waals surface area contributed by atoms with E-state index in [0.29, 0.717) is 30.8 Å². The molecule has 0 spiro atoms. The molecule has 0 aromatic heterocycles. The van der Waals surface area contributed by atoms with Crippen LogP contribution in [-0.2, 0) is 14.8 Å². The lowest BCUT2D eigenvalue weighted by Gasteiger charge is -2.21. The Morgan fingerprint density at radius 3 is 2.52 bits per heavy atom. The van der Waals surface area contributed by atoms with Gasteiger partial charge in [-0.25, -0.2) is 12.8 Å². The summed E-state index contributed by atoms with van der Waals surface area (Å²) in [4.78, 5) is 12.7. The molecule has 1 aliphatic heterocycles. The minimum absolute atomic E-state index is 0.144. The molecule has 1 unspecified atom stereocenters. The Labute approximate surface area is 159 Å². The quantitative estimate of drug-likeness (QED) is 0.844. The van der Waals surface area contributed by atoms with Crippen LogP contribution in [0.25, 0.3) is 0 Å². The minimum atomic E-state index is -3.29. The van der Waals surface area contributed by atoms with Crippen LogP contribution in [0.5, 0.6) is 0 Å². The van der Waals surface area contributed by atoms with Crippen LogP contribution >= 0.6 is 0 Å². The lowest BCUT2D eigenvalue weighted by Crippen LogP contribution is -2.26. The van der Waals surface area contributed by atoms with Crippen LogP contribution in [0.4, 0.5) is 15.8 Å². The molecule has 27 heavy (non-hydrogen) atoms. The molecule has 3 rings (SSSR count). The highest BCUT2D eigenvalue weighted by atomic mass is 32.2. The van der Waals surface area contributed by atoms with E-state index in [-0.39, 0.29) is 17.5 Å². The van der Waals surface area contributed by atoms with Crippen molar-refractivity contribution < 1.29 is 17.6 Å². The third kappa shape index (κ3) is 4.13. The first-order valence-corrected chi connectivity index (χ1v) is 10.6. The number of hydrogen-bond donors (Lipinski definition) is 1. The lowest BCUT2D eigenvalue weighted by molar-refractivity contribution is -0.117. The first-order valence-electron chi connectivity index (χ1n) is 8.99. The van der Waals surface area contributed by atoms with Crippen LogP contribution in [0.2, 0.25) is 0 Å². The summed E-state index contributed by atoms with van der Waals surface area (Å²) >= 11 is 0. The topological polar surface area (TPSA) is 66.5 Å². The number of sulfonamides is 1. The van der Waals surface area contributed by atoms with Crippen LogP contribution in [0.15, 0.2) is 42.5 Å². The van der Waals surface area contributed by atoms with Crippen molar-refractivity contribution in [2.24, 2.45) is 0 Å². The molecule has 1 heterocycles. The first kappa shape index (κ1) is 19.4.